The maximum atomic E-state index is 13.9. The number of hydrogen-bond donors (Lipinski definition) is 1. The van der Waals surface area contributed by atoms with Gasteiger partial charge < -0.3 is 24.4 Å². The minimum Gasteiger partial charge on any atom is -0.493 e. The van der Waals surface area contributed by atoms with E-state index in [1.165, 1.54) is 6.42 Å². The van der Waals surface area contributed by atoms with Gasteiger partial charge in [0.2, 0.25) is 11.2 Å². The highest BCUT2D eigenvalue weighted by molar-refractivity contribution is 5.83. The number of aryl methyl sites for hydroxylation is 1. The first-order chi connectivity index (χ1) is 17.1. The average Bonchev–Trinajstić information content (AvgIpc) is 2.93. The molecule has 5 rings (SSSR count). The Morgan fingerprint density at radius 1 is 1.00 bits per heavy atom. The summed E-state index contributed by atoms with van der Waals surface area (Å²) in [5.41, 5.74) is 5.58. The second-order valence-electron chi connectivity index (χ2n) is 12.0. The van der Waals surface area contributed by atoms with Crippen molar-refractivity contribution < 1.29 is 14.2 Å². The van der Waals surface area contributed by atoms with E-state index < -0.39 is 0 Å². The standard InChI is InChI=1S/C30H40N2O4/c1-29(2)14-19-15-30(3,16-29)17-32(19)23-11-9-20-21(13-24(23)33)22(31-4)10-8-18-12-25(34-5)27(35-6)28(36-7)26(18)20/h9,11-13,19,22,31H,8,10,14-17H2,1-7H3/t19?,22-,30?/m0/s1. The van der Waals surface area contributed by atoms with Gasteiger partial charge in [-0.25, -0.2) is 0 Å². The summed E-state index contributed by atoms with van der Waals surface area (Å²) in [6.45, 7) is 8.07. The van der Waals surface area contributed by atoms with Crippen LogP contribution in [0.15, 0.2) is 29.1 Å². The van der Waals surface area contributed by atoms with Crippen molar-refractivity contribution in [2.75, 3.05) is 39.8 Å². The number of fused-ring (bicyclic) bond motifs is 5. The summed E-state index contributed by atoms with van der Waals surface area (Å²) >= 11 is 0. The molecule has 2 fully saturated rings. The third kappa shape index (κ3) is 4.03. The molecule has 36 heavy (non-hydrogen) atoms. The quantitative estimate of drug-likeness (QED) is 0.607. The molecule has 3 atom stereocenters. The van der Waals surface area contributed by atoms with Crippen LogP contribution in [0.2, 0.25) is 0 Å². The molecule has 2 aromatic rings. The topological polar surface area (TPSA) is 60.0 Å². The van der Waals surface area contributed by atoms with E-state index in [2.05, 4.69) is 49.2 Å². The summed E-state index contributed by atoms with van der Waals surface area (Å²) in [4.78, 5) is 16.3. The number of methoxy groups -OCH3 is 3. The predicted molar refractivity (Wildman–Crippen MR) is 145 cm³/mol. The zero-order valence-electron chi connectivity index (χ0n) is 22.8. The number of hydrogen-bond acceptors (Lipinski definition) is 6. The van der Waals surface area contributed by atoms with Gasteiger partial charge in [-0.15, -0.1) is 0 Å². The molecule has 0 radical (unpaired) electrons. The Hall–Kier alpha value is -2.73. The van der Waals surface area contributed by atoms with Gasteiger partial charge in [-0.05, 0) is 84.9 Å². The molecule has 1 aliphatic heterocycles. The highest BCUT2D eigenvalue weighted by Gasteiger charge is 2.50. The van der Waals surface area contributed by atoms with Gasteiger partial charge in [-0.3, -0.25) is 4.79 Å². The fourth-order valence-corrected chi connectivity index (χ4v) is 7.58. The fourth-order valence-electron chi connectivity index (χ4n) is 7.58. The van der Waals surface area contributed by atoms with Crippen molar-refractivity contribution in [1.29, 1.82) is 0 Å². The van der Waals surface area contributed by atoms with E-state index in [-0.39, 0.29) is 16.9 Å². The molecule has 2 aliphatic carbocycles. The zero-order valence-corrected chi connectivity index (χ0v) is 22.8. The Kier molecular flexibility index (Phi) is 6.22. The van der Waals surface area contributed by atoms with Crippen LogP contribution in [0, 0.1) is 10.8 Å². The molecule has 1 saturated heterocycles. The Labute approximate surface area is 214 Å². The van der Waals surface area contributed by atoms with Crippen molar-refractivity contribution in [3.63, 3.8) is 0 Å². The van der Waals surface area contributed by atoms with Crippen LogP contribution in [-0.2, 0) is 6.42 Å². The highest BCUT2D eigenvalue weighted by atomic mass is 16.5. The molecule has 194 valence electrons. The lowest BCUT2D eigenvalue weighted by Crippen LogP contribution is -2.35. The number of nitrogens with zero attached hydrogens (tertiary/aromatic N) is 1. The minimum absolute atomic E-state index is 0.0521. The van der Waals surface area contributed by atoms with Crippen molar-refractivity contribution in [1.82, 2.24) is 5.32 Å². The maximum absolute atomic E-state index is 13.9. The van der Waals surface area contributed by atoms with Crippen LogP contribution in [0.3, 0.4) is 0 Å². The summed E-state index contributed by atoms with van der Waals surface area (Å²) in [6.07, 6.45) is 5.17. The summed E-state index contributed by atoms with van der Waals surface area (Å²) in [5, 5.41) is 3.46. The largest absolute Gasteiger partial charge is 0.493 e. The van der Waals surface area contributed by atoms with E-state index in [1.54, 1.807) is 21.3 Å². The number of nitrogens with one attached hydrogen (secondary N) is 1. The first kappa shape index (κ1) is 24.9. The van der Waals surface area contributed by atoms with Crippen LogP contribution in [-0.4, -0.2) is 41.0 Å². The number of ether oxygens (including phenoxy) is 3. The number of rotatable bonds is 5. The maximum Gasteiger partial charge on any atom is 0.203 e. The average molecular weight is 493 g/mol. The highest BCUT2D eigenvalue weighted by Crippen LogP contribution is 2.54. The lowest BCUT2D eigenvalue weighted by Gasteiger charge is -2.39. The van der Waals surface area contributed by atoms with E-state index in [9.17, 15) is 4.79 Å². The van der Waals surface area contributed by atoms with Crippen LogP contribution in [0.1, 0.15) is 63.6 Å². The van der Waals surface area contributed by atoms with Gasteiger partial charge in [-0.1, -0.05) is 26.8 Å². The van der Waals surface area contributed by atoms with Gasteiger partial charge >= 0.3 is 0 Å². The van der Waals surface area contributed by atoms with E-state index in [1.807, 2.05) is 13.1 Å². The fraction of sp³-hybridized carbons (Fsp3) is 0.567. The molecule has 1 heterocycles. The Morgan fingerprint density at radius 2 is 1.75 bits per heavy atom. The van der Waals surface area contributed by atoms with E-state index >= 15 is 0 Å². The second kappa shape index (κ2) is 8.98. The molecule has 2 bridgehead atoms. The molecular weight excluding hydrogens is 452 g/mol. The molecule has 2 unspecified atom stereocenters. The number of anilines is 1. The lowest BCUT2D eigenvalue weighted by atomic mass is 9.65. The van der Waals surface area contributed by atoms with Crippen molar-refractivity contribution in [3.05, 3.63) is 45.6 Å². The minimum atomic E-state index is 0.0521. The van der Waals surface area contributed by atoms with E-state index in [0.717, 1.165) is 60.2 Å². The van der Waals surface area contributed by atoms with Crippen LogP contribution in [0.25, 0.3) is 11.1 Å². The van der Waals surface area contributed by atoms with Gasteiger partial charge in [0.15, 0.2) is 11.5 Å². The Morgan fingerprint density at radius 3 is 2.42 bits per heavy atom. The van der Waals surface area contributed by atoms with Crippen LogP contribution in [0.5, 0.6) is 17.2 Å². The van der Waals surface area contributed by atoms with Crippen LogP contribution < -0.4 is 29.9 Å². The van der Waals surface area contributed by atoms with Crippen LogP contribution in [0.4, 0.5) is 5.69 Å². The lowest BCUT2D eigenvalue weighted by molar-refractivity contribution is 0.136. The smallest absolute Gasteiger partial charge is 0.203 e. The van der Waals surface area contributed by atoms with Crippen molar-refractivity contribution in [2.24, 2.45) is 10.8 Å². The van der Waals surface area contributed by atoms with Crippen LogP contribution >= 0.6 is 0 Å². The number of benzene rings is 1. The van der Waals surface area contributed by atoms with Gasteiger partial charge in [-0.2, -0.15) is 0 Å². The molecule has 2 aromatic carbocycles. The summed E-state index contributed by atoms with van der Waals surface area (Å²) < 4.78 is 17.3. The van der Waals surface area contributed by atoms with Gasteiger partial charge in [0.25, 0.3) is 0 Å². The predicted octanol–water partition coefficient (Wildman–Crippen LogP) is 5.35. The molecule has 6 nitrogen and oxygen atoms in total. The summed E-state index contributed by atoms with van der Waals surface area (Å²) in [6, 6.07) is 8.56. The SMILES string of the molecule is CN[C@H]1CCc2cc(OC)c(OC)c(OC)c2-c2ccc(N3CC4(C)CC3CC(C)(C)C4)c(=O)cc21. The summed E-state index contributed by atoms with van der Waals surface area (Å²) in [7, 11) is 6.91. The first-order valence-corrected chi connectivity index (χ1v) is 13.1. The molecule has 3 aliphatic rings. The van der Waals surface area contributed by atoms with E-state index in [0.29, 0.717) is 28.7 Å². The Balaban J connectivity index is 1.72. The van der Waals surface area contributed by atoms with Crippen molar-refractivity contribution >= 4 is 5.69 Å². The normalized spacial score (nSPS) is 26.0. The van der Waals surface area contributed by atoms with Crippen molar-refractivity contribution in [3.8, 4) is 28.4 Å². The zero-order chi connectivity index (χ0) is 25.8. The monoisotopic (exact) mass is 492 g/mol. The van der Waals surface area contributed by atoms with Crippen molar-refractivity contribution in [2.45, 2.75) is 65.0 Å². The molecule has 6 heteroatoms. The molecule has 1 saturated carbocycles. The third-order valence-electron chi connectivity index (χ3n) is 8.59. The molecule has 0 aromatic heterocycles. The molecule has 0 spiro atoms. The Bertz CT molecular complexity index is 1240. The van der Waals surface area contributed by atoms with Gasteiger partial charge in [0.05, 0.1) is 27.0 Å². The second-order valence-corrected chi connectivity index (χ2v) is 12.0. The molecule has 1 N–H and O–H groups in total. The molecular formula is C30H40N2O4. The molecule has 0 amide bonds. The van der Waals surface area contributed by atoms with Gasteiger partial charge in [0, 0.05) is 24.2 Å². The van der Waals surface area contributed by atoms with E-state index in [4.69, 9.17) is 14.2 Å². The first-order valence-electron chi connectivity index (χ1n) is 13.1. The third-order valence-corrected chi connectivity index (χ3v) is 8.59. The summed E-state index contributed by atoms with van der Waals surface area (Å²) in [5.74, 6) is 1.88. The van der Waals surface area contributed by atoms with Gasteiger partial charge in [0.1, 0.15) is 0 Å².